The molecule has 0 saturated carbocycles. The van der Waals surface area contributed by atoms with Crippen molar-refractivity contribution >= 4 is 38.4 Å². The maximum atomic E-state index is 12.7. The highest BCUT2D eigenvalue weighted by Crippen LogP contribution is 2.34. The van der Waals surface area contributed by atoms with Crippen LogP contribution >= 0.6 is 11.3 Å². The van der Waals surface area contributed by atoms with E-state index in [-0.39, 0.29) is 18.1 Å². The summed E-state index contributed by atoms with van der Waals surface area (Å²) in [4.78, 5) is 29.5. The highest BCUT2D eigenvalue weighted by atomic mass is 32.1. The van der Waals surface area contributed by atoms with Crippen LogP contribution in [0.1, 0.15) is 47.9 Å². The van der Waals surface area contributed by atoms with Crippen molar-refractivity contribution in [2.24, 2.45) is 0 Å². The number of rotatable bonds is 4. The quantitative estimate of drug-likeness (QED) is 0.692. The molecule has 1 aromatic heterocycles. The second-order valence-corrected chi connectivity index (χ2v) is 8.24. The minimum Gasteiger partial charge on any atom is -0.494 e. The highest BCUT2D eigenvalue weighted by molar-refractivity contribution is 7.22. The van der Waals surface area contributed by atoms with Crippen LogP contribution in [0.5, 0.6) is 11.5 Å². The van der Waals surface area contributed by atoms with Crippen LogP contribution in [0.3, 0.4) is 0 Å². The fourth-order valence-electron chi connectivity index (χ4n) is 3.18. The Morgan fingerprint density at radius 3 is 2.89 bits per heavy atom. The predicted molar refractivity (Wildman–Crippen MR) is 109 cm³/mol. The zero-order chi connectivity index (χ0) is 19.9. The van der Waals surface area contributed by atoms with Crippen molar-refractivity contribution in [3.8, 4) is 11.5 Å². The third kappa shape index (κ3) is 3.57. The molecule has 2 aromatic carbocycles. The molecule has 0 fully saturated rings. The van der Waals surface area contributed by atoms with Crippen LogP contribution in [0, 0.1) is 0 Å². The number of aromatic nitrogens is 1. The van der Waals surface area contributed by atoms with E-state index in [4.69, 9.17) is 9.47 Å². The van der Waals surface area contributed by atoms with Gasteiger partial charge in [0.2, 0.25) is 0 Å². The Morgan fingerprint density at radius 2 is 2.11 bits per heavy atom. The number of thiazole rings is 1. The van der Waals surface area contributed by atoms with Gasteiger partial charge in [-0.25, -0.2) is 4.98 Å². The van der Waals surface area contributed by atoms with E-state index in [1.54, 1.807) is 18.2 Å². The third-order valence-corrected chi connectivity index (χ3v) is 5.34. The molecule has 1 aliphatic heterocycles. The smallest absolute Gasteiger partial charge is 0.257 e. The molecule has 0 aliphatic carbocycles. The van der Waals surface area contributed by atoms with E-state index >= 15 is 0 Å². The number of Topliss-reactive ketones (excluding diaryl/α,β-unsaturated/α-hetero) is 1. The fourth-order valence-corrected chi connectivity index (χ4v) is 4.07. The lowest BCUT2D eigenvalue weighted by atomic mass is 9.92. The maximum absolute atomic E-state index is 12.7. The van der Waals surface area contributed by atoms with Gasteiger partial charge in [-0.15, -0.1) is 0 Å². The van der Waals surface area contributed by atoms with Crippen molar-refractivity contribution in [2.45, 2.75) is 32.8 Å². The summed E-state index contributed by atoms with van der Waals surface area (Å²) in [6.07, 6.45) is 0.283. The van der Waals surface area contributed by atoms with E-state index in [2.05, 4.69) is 10.3 Å². The van der Waals surface area contributed by atoms with Gasteiger partial charge in [-0.05, 0) is 57.2 Å². The Balaban J connectivity index is 1.56. The minimum absolute atomic E-state index is 0.0238. The van der Waals surface area contributed by atoms with Crippen LogP contribution in [0.25, 0.3) is 10.2 Å². The lowest BCUT2D eigenvalue weighted by Crippen LogP contribution is -2.36. The zero-order valence-electron chi connectivity index (χ0n) is 15.9. The Kier molecular flexibility index (Phi) is 4.55. The number of nitrogens with one attached hydrogen (secondary N) is 1. The molecule has 0 bridgehead atoms. The van der Waals surface area contributed by atoms with Crippen molar-refractivity contribution in [1.82, 2.24) is 4.98 Å². The maximum Gasteiger partial charge on any atom is 0.257 e. The number of ether oxygens (including phenoxy) is 2. The highest BCUT2D eigenvalue weighted by Gasteiger charge is 2.32. The third-order valence-electron chi connectivity index (χ3n) is 4.41. The number of hydrogen-bond donors (Lipinski definition) is 1. The molecule has 3 aromatic rings. The molecule has 7 heteroatoms. The zero-order valence-corrected chi connectivity index (χ0v) is 16.7. The molecule has 6 nitrogen and oxygen atoms in total. The van der Waals surface area contributed by atoms with Gasteiger partial charge < -0.3 is 9.47 Å². The van der Waals surface area contributed by atoms with Gasteiger partial charge in [0, 0.05) is 5.56 Å². The molecule has 144 valence electrons. The second kappa shape index (κ2) is 6.91. The van der Waals surface area contributed by atoms with Crippen molar-refractivity contribution < 1.29 is 19.1 Å². The summed E-state index contributed by atoms with van der Waals surface area (Å²) >= 11 is 1.37. The van der Waals surface area contributed by atoms with E-state index in [1.807, 2.05) is 39.0 Å². The van der Waals surface area contributed by atoms with Crippen molar-refractivity contribution in [1.29, 1.82) is 0 Å². The summed E-state index contributed by atoms with van der Waals surface area (Å²) < 4.78 is 12.3. The van der Waals surface area contributed by atoms with E-state index in [9.17, 15) is 9.59 Å². The van der Waals surface area contributed by atoms with Crippen molar-refractivity contribution in [3.63, 3.8) is 0 Å². The Hall–Kier alpha value is -2.93. The number of amides is 1. The molecule has 1 aliphatic rings. The van der Waals surface area contributed by atoms with E-state index in [0.29, 0.717) is 28.6 Å². The summed E-state index contributed by atoms with van der Waals surface area (Å²) in [5, 5.41) is 3.31. The number of hydrogen-bond acceptors (Lipinski definition) is 6. The van der Waals surface area contributed by atoms with Gasteiger partial charge in [-0.3, -0.25) is 14.9 Å². The molecular weight excluding hydrogens is 376 g/mol. The SMILES string of the molecule is CCOc1ccc2nc(NC(=O)c3ccc4c(c3)C(=O)CC(C)(C)O4)sc2c1. The van der Waals surface area contributed by atoms with Gasteiger partial charge in [0.05, 0.1) is 28.8 Å². The second-order valence-electron chi connectivity index (χ2n) is 7.21. The molecule has 1 N–H and O–H groups in total. The van der Waals surface area contributed by atoms with Crippen LogP contribution in [0.15, 0.2) is 36.4 Å². The number of carbonyl (C=O) groups is 2. The summed E-state index contributed by atoms with van der Waals surface area (Å²) in [6, 6.07) is 10.5. The number of anilines is 1. The normalized spacial score (nSPS) is 15.0. The van der Waals surface area contributed by atoms with Crippen LogP contribution in [-0.4, -0.2) is 28.9 Å². The first-order valence-corrected chi connectivity index (χ1v) is 9.87. The largest absolute Gasteiger partial charge is 0.494 e. The first-order valence-electron chi connectivity index (χ1n) is 9.06. The van der Waals surface area contributed by atoms with Gasteiger partial charge >= 0.3 is 0 Å². The number of carbonyl (C=O) groups excluding carboxylic acids is 2. The van der Waals surface area contributed by atoms with Gasteiger partial charge in [0.1, 0.15) is 17.1 Å². The van der Waals surface area contributed by atoms with Crippen LogP contribution < -0.4 is 14.8 Å². The summed E-state index contributed by atoms with van der Waals surface area (Å²) in [7, 11) is 0. The van der Waals surface area contributed by atoms with Crippen LogP contribution in [0.2, 0.25) is 0 Å². The predicted octanol–water partition coefficient (Wildman–Crippen LogP) is 4.69. The number of benzene rings is 2. The molecule has 0 radical (unpaired) electrons. The van der Waals surface area contributed by atoms with Gasteiger partial charge in [0.25, 0.3) is 5.91 Å². The molecular formula is C21H20N2O4S. The van der Waals surface area contributed by atoms with Crippen molar-refractivity contribution in [2.75, 3.05) is 11.9 Å². The lowest BCUT2D eigenvalue weighted by molar-refractivity contribution is 0.0620. The summed E-state index contributed by atoms with van der Waals surface area (Å²) in [6.45, 7) is 6.26. The molecule has 0 spiro atoms. The van der Waals surface area contributed by atoms with E-state index in [0.717, 1.165) is 16.0 Å². The first kappa shape index (κ1) is 18.4. The van der Waals surface area contributed by atoms with E-state index < -0.39 is 5.60 Å². The summed E-state index contributed by atoms with van der Waals surface area (Å²) in [5.74, 6) is 0.947. The monoisotopic (exact) mass is 396 g/mol. The molecule has 1 amide bonds. The fraction of sp³-hybridized carbons (Fsp3) is 0.286. The average Bonchev–Trinajstić information content (AvgIpc) is 3.02. The van der Waals surface area contributed by atoms with Gasteiger partial charge in [0.15, 0.2) is 10.9 Å². The molecule has 28 heavy (non-hydrogen) atoms. The lowest BCUT2D eigenvalue weighted by Gasteiger charge is -2.31. The van der Waals surface area contributed by atoms with Crippen molar-refractivity contribution in [3.05, 3.63) is 47.5 Å². The molecule has 0 saturated heterocycles. The minimum atomic E-state index is -0.533. The molecule has 0 unspecified atom stereocenters. The van der Waals surface area contributed by atoms with Gasteiger partial charge in [-0.1, -0.05) is 11.3 Å². The average molecular weight is 396 g/mol. The number of nitrogens with zero attached hydrogens (tertiary/aromatic N) is 1. The first-order chi connectivity index (χ1) is 13.3. The molecule has 2 heterocycles. The van der Waals surface area contributed by atoms with E-state index in [1.165, 1.54) is 11.3 Å². The molecule has 0 atom stereocenters. The Morgan fingerprint density at radius 1 is 1.29 bits per heavy atom. The van der Waals surface area contributed by atoms with Crippen LogP contribution in [-0.2, 0) is 0 Å². The number of ketones is 1. The molecule has 4 rings (SSSR count). The topological polar surface area (TPSA) is 77.5 Å². The number of fused-ring (bicyclic) bond motifs is 2. The standard InChI is InChI=1S/C21H20N2O4S/c1-4-26-13-6-7-15-18(10-13)28-20(22-15)23-19(25)12-5-8-17-14(9-12)16(24)11-21(2,3)27-17/h5-10H,4,11H2,1-3H3,(H,22,23,25). The van der Waals surface area contributed by atoms with Crippen LogP contribution in [0.4, 0.5) is 5.13 Å². The summed E-state index contributed by atoms with van der Waals surface area (Å²) in [5.41, 5.74) is 1.09. The Labute approximate surface area is 166 Å². The Bertz CT molecular complexity index is 1090. The van der Waals surface area contributed by atoms with Gasteiger partial charge in [-0.2, -0.15) is 0 Å².